The summed E-state index contributed by atoms with van der Waals surface area (Å²) in [4.78, 5) is 4.55. The van der Waals surface area contributed by atoms with Gasteiger partial charge in [0.05, 0.1) is 0 Å². The van der Waals surface area contributed by atoms with Gasteiger partial charge in [0.15, 0.2) is 0 Å². The summed E-state index contributed by atoms with van der Waals surface area (Å²) < 4.78 is 2.88. The summed E-state index contributed by atoms with van der Waals surface area (Å²) in [7, 11) is 0. The highest BCUT2D eigenvalue weighted by Crippen LogP contribution is 2.27. The zero-order valence-electron chi connectivity index (χ0n) is 8.97. The summed E-state index contributed by atoms with van der Waals surface area (Å²) >= 11 is 3.43. The lowest BCUT2D eigenvalue weighted by Crippen LogP contribution is -1.93. The quantitative estimate of drug-likeness (QED) is 0.746. The number of fused-ring (bicyclic) bond motifs is 1. The van der Waals surface area contributed by atoms with Crippen molar-refractivity contribution in [2.75, 3.05) is 5.73 Å². The Hall–Kier alpha value is -1.81. The van der Waals surface area contributed by atoms with E-state index in [2.05, 4.69) is 20.9 Å². The first-order valence-electron chi connectivity index (χ1n) is 5.24. The fraction of sp³-hybridized carbons (Fsp3) is 0. The van der Waals surface area contributed by atoms with Crippen LogP contribution < -0.4 is 5.73 Å². The number of imidazole rings is 1. The molecule has 2 heterocycles. The van der Waals surface area contributed by atoms with Gasteiger partial charge in [-0.25, -0.2) is 4.98 Å². The van der Waals surface area contributed by atoms with Crippen LogP contribution in [-0.2, 0) is 0 Å². The number of anilines is 1. The van der Waals surface area contributed by atoms with Crippen molar-refractivity contribution in [3.63, 3.8) is 0 Å². The average molecular weight is 288 g/mol. The van der Waals surface area contributed by atoms with E-state index in [0.717, 1.165) is 21.4 Å². The molecular weight excluding hydrogens is 278 g/mol. The summed E-state index contributed by atoms with van der Waals surface area (Å²) in [6.07, 6.45) is 1.91. The minimum Gasteiger partial charge on any atom is -0.383 e. The van der Waals surface area contributed by atoms with E-state index in [1.54, 1.807) is 0 Å². The summed E-state index contributed by atoms with van der Waals surface area (Å²) in [5.41, 5.74) is 8.80. The number of nitrogens with zero attached hydrogens (tertiary/aromatic N) is 2. The van der Waals surface area contributed by atoms with E-state index >= 15 is 0 Å². The van der Waals surface area contributed by atoms with Crippen LogP contribution in [0.4, 0.5) is 5.82 Å². The van der Waals surface area contributed by atoms with E-state index in [0.29, 0.717) is 5.82 Å². The van der Waals surface area contributed by atoms with Crippen LogP contribution in [0.25, 0.3) is 16.9 Å². The van der Waals surface area contributed by atoms with Crippen LogP contribution >= 0.6 is 15.9 Å². The van der Waals surface area contributed by atoms with Gasteiger partial charge >= 0.3 is 0 Å². The molecule has 0 saturated carbocycles. The number of rotatable bonds is 1. The lowest BCUT2D eigenvalue weighted by Gasteiger charge is -1.98. The van der Waals surface area contributed by atoms with Crippen LogP contribution in [-0.4, -0.2) is 9.38 Å². The molecule has 0 aliphatic heterocycles. The molecule has 0 amide bonds. The zero-order chi connectivity index (χ0) is 11.8. The van der Waals surface area contributed by atoms with Crippen molar-refractivity contribution in [2.24, 2.45) is 0 Å². The van der Waals surface area contributed by atoms with Gasteiger partial charge in [0.25, 0.3) is 0 Å². The molecule has 0 aliphatic carbocycles. The van der Waals surface area contributed by atoms with Crippen LogP contribution in [0.2, 0.25) is 0 Å². The smallest absolute Gasteiger partial charge is 0.140 e. The standard InChI is InChI=1S/C13H10BrN3/c14-10-6-7-17-11(8-10)16-12(13(17)15)9-4-2-1-3-5-9/h1-8H,15H2. The fourth-order valence-electron chi connectivity index (χ4n) is 1.85. The van der Waals surface area contributed by atoms with Crippen molar-refractivity contribution >= 4 is 27.4 Å². The molecule has 3 aromatic rings. The molecular formula is C13H10BrN3. The second kappa shape index (κ2) is 3.89. The molecule has 3 rings (SSSR count). The molecule has 1 aromatic carbocycles. The highest BCUT2D eigenvalue weighted by molar-refractivity contribution is 9.10. The first kappa shape index (κ1) is 10.4. The summed E-state index contributed by atoms with van der Waals surface area (Å²) in [6.45, 7) is 0. The Labute approximate surface area is 107 Å². The predicted molar refractivity (Wildman–Crippen MR) is 72.7 cm³/mol. The van der Waals surface area contributed by atoms with Gasteiger partial charge in [-0.1, -0.05) is 46.3 Å². The molecule has 0 spiro atoms. The third-order valence-corrected chi connectivity index (χ3v) is 3.17. The number of pyridine rings is 1. The third-order valence-electron chi connectivity index (χ3n) is 2.67. The van der Waals surface area contributed by atoms with Gasteiger partial charge in [-0.2, -0.15) is 0 Å². The van der Waals surface area contributed by atoms with Crippen LogP contribution in [0.3, 0.4) is 0 Å². The van der Waals surface area contributed by atoms with Crippen LogP contribution in [0.1, 0.15) is 0 Å². The van der Waals surface area contributed by atoms with Crippen molar-refractivity contribution in [1.82, 2.24) is 9.38 Å². The largest absolute Gasteiger partial charge is 0.383 e. The molecule has 2 N–H and O–H groups in total. The second-order valence-electron chi connectivity index (χ2n) is 3.78. The number of halogens is 1. The lowest BCUT2D eigenvalue weighted by molar-refractivity contribution is 1.19. The van der Waals surface area contributed by atoms with E-state index in [-0.39, 0.29) is 0 Å². The molecule has 84 valence electrons. The van der Waals surface area contributed by atoms with Gasteiger partial charge < -0.3 is 5.73 Å². The van der Waals surface area contributed by atoms with Crippen LogP contribution in [0.15, 0.2) is 53.1 Å². The van der Waals surface area contributed by atoms with E-state index < -0.39 is 0 Å². The highest BCUT2D eigenvalue weighted by atomic mass is 79.9. The molecule has 0 aliphatic rings. The topological polar surface area (TPSA) is 43.3 Å². The Bertz CT molecular complexity index is 674. The van der Waals surface area contributed by atoms with Gasteiger partial charge in [0.1, 0.15) is 17.2 Å². The van der Waals surface area contributed by atoms with Gasteiger partial charge in [-0.05, 0) is 12.1 Å². The monoisotopic (exact) mass is 287 g/mol. The van der Waals surface area contributed by atoms with E-state index in [9.17, 15) is 0 Å². The Morgan fingerprint density at radius 3 is 2.65 bits per heavy atom. The molecule has 0 atom stereocenters. The molecule has 0 saturated heterocycles. The van der Waals surface area contributed by atoms with E-state index in [1.807, 2.05) is 53.1 Å². The van der Waals surface area contributed by atoms with E-state index in [4.69, 9.17) is 5.73 Å². The summed E-state index contributed by atoms with van der Waals surface area (Å²) in [5.74, 6) is 0.665. The van der Waals surface area contributed by atoms with Crippen molar-refractivity contribution in [1.29, 1.82) is 0 Å². The highest BCUT2D eigenvalue weighted by Gasteiger charge is 2.10. The normalized spacial score (nSPS) is 10.9. The molecule has 17 heavy (non-hydrogen) atoms. The number of hydrogen-bond acceptors (Lipinski definition) is 2. The average Bonchev–Trinajstić information content (AvgIpc) is 2.67. The first-order valence-corrected chi connectivity index (χ1v) is 6.03. The van der Waals surface area contributed by atoms with Gasteiger partial charge in [-0.15, -0.1) is 0 Å². The van der Waals surface area contributed by atoms with Gasteiger partial charge in [0.2, 0.25) is 0 Å². The molecule has 0 unspecified atom stereocenters. The Morgan fingerprint density at radius 2 is 1.88 bits per heavy atom. The number of nitrogen functional groups attached to an aromatic ring is 1. The number of benzene rings is 1. The minimum atomic E-state index is 0.665. The minimum absolute atomic E-state index is 0.665. The molecule has 0 radical (unpaired) electrons. The summed E-state index contributed by atoms with van der Waals surface area (Å²) in [6, 6.07) is 13.8. The zero-order valence-corrected chi connectivity index (χ0v) is 10.6. The summed E-state index contributed by atoms with van der Waals surface area (Å²) in [5, 5.41) is 0. The van der Waals surface area contributed by atoms with Crippen molar-refractivity contribution in [3.8, 4) is 11.3 Å². The van der Waals surface area contributed by atoms with E-state index in [1.165, 1.54) is 0 Å². The Balaban J connectivity index is 2.28. The van der Waals surface area contributed by atoms with Crippen LogP contribution in [0, 0.1) is 0 Å². The maximum absolute atomic E-state index is 6.11. The molecule has 0 bridgehead atoms. The van der Waals surface area contributed by atoms with Crippen molar-refractivity contribution < 1.29 is 0 Å². The fourth-order valence-corrected chi connectivity index (χ4v) is 2.17. The SMILES string of the molecule is Nc1c(-c2ccccc2)nc2cc(Br)ccn12. The molecule has 2 aromatic heterocycles. The van der Waals surface area contributed by atoms with Crippen LogP contribution in [0.5, 0.6) is 0 Å². The lowest BCUT2D eigenvalue weighted by atomic mass is 10.1. The van der Waals surface area contributed by atoms with Crippen molar-refractivity contribution in [3.05, 3.63) is 53.1 Å². The molecule has 4 heteroatoms. The number of hydrogen-bond donors (Lipinski definition) is 1. The number of aromatic nitrogens is 2. The Kier molecular flexibility index (Phi) is 2.37. The number of nitrogens with two attached hydrogens (primary N) is 1. The molecule has 0 fully saturated rings. The Morgan fingerprint density at radius 1 is 1.12 bits per heavy atom. The first-order chi connectivity index (χ1) is 8.25. The second-order valence-corrected chi connectivity index (χ2v) is 4.70. The van der Waals surface area contributed by atoms with Crippen molar-refractivity contribution in [2.45, 2.75) is 0 Å². The molecule has 3 nitrogen and oxygen atoms in total. The third kappa shape index (κ3) is 1.70. The van der Waals surface area contributed by atoms with Gasteiger partial charge in [-0.3, -0.25) is 4.40 Å². The maximum Gasteiger partial charge on any atom is 0.140 e. The maximum atomic E-state index is 6.11. The van der Waals surface area contributed by atoms with Gasteiger partial charge in [0, 0.05) is 16.2 Å². The predicted octanol–water partition coefficient (Wildman–Crippen LogP) is 3.35.